The van der Waals surface area contributed by atoms with Gasteiger partial charge in [0.25, 0.3) is 6.43 Å². The van der Waals surface area contributed by atoms with E-state index in [1.165, 1.54) is 16.8 Å². The summed E-state index contributed by atoms with van der Waals surface area (Å²) in [6.07, 6.45) is 2.41. The smallest absolute Gasteiger partial charge is 0.263 e. The Morgan fingerprint density at radius 3 is 2.73 bits per heavy atom. The predicted octanol–water partition coefficient (Wildman–Crippen LogP) is 2.61. The van der Waals surface area contributed by atoms with Gasteiger partial charge in [-0.1, -0.05) is 17.3 Å². The van der Waals surface area contributed by atoms with E-state index < -0.39 is 6.43 Å². The van der Waals surface area contributed by atoms with Crippen LogP contribution in [0.2, 0.25) is 0 Å². The minimum Gasteiger partial charge on any atom is -0.348 e. The molecular weight excluding hydrogens is 290 g/mol. The maximum absolute atomic E-state index is 12.7. The monoisotopic (exact) mass is 302 g/mol. The van der Waals surface area contributed by atoms with Crippen molar-refractivity contribution in [1.29, 1.82) is 0 Å². The maximum atomic E-state index is 12.7. The fourth-order valence-corrected chi connectivity index (χ4v) is 1.87. The first-order valence-electron chi connectivity index (χ1n) is 6.53. The summed E-state index contributed by atoms with van der Waals surface area (Å²) in [4.78, 5) is 8.06. The first-order valence-corrected chi connectivity index (χ1v) is 6.53. The van der Waals surface area contributed by atoms with Gasteiger partial charge in [0.2, 0.25) is 5.95 Å². The number of anilines is 1. The van der Waals surface area contributed by atoms with Crippen LogP contribution in [0, 0.1) is 0 Å². The topological polar surface area (TPSA) is 68.5 Å². The van der Waals surface area contributed by atoms with Crippen molar-refractivity contribution in [3.63, 3.8) is 0 Å². The molecule has 2 heterocycles. The lowest BCUT2D eigenvalue weighted by Gasteiger charge is -2.03. The van der Waals surface area contributed by atoms with Crippen LogP contribution in [0.5, 0.6) is 0 Å². The van der Waals surface area contributed by atoms with Crippen LogP contribution >= 0.6 is 0 Å². The molecule has 0 fully saturated rings. The Labute approximate surface area is 124 Å². The van der Waals surface area contributed by atoms with Crippen LogP contribution in [-0.2, 0) is 6.54 Å². The molecule has 0 aliphatic heterocycles. The fraction of sp³-hybridized carbons (Fsp3) is 0.143. The second kappa shape index (κ2) is 6.25. The first kappa shape index (κ1) is 14.1. The third kappa shape index (κ3) is 3.22. The van der Waals surface area contributed by atoms with Crippen LogP contribution in [0.25, 0.3) is 5.69 Å². The van der Waals surface area contributed by atoms with Gasteiger partial charge in [-0.25, -0.2) is 23.4 Å². The minimum absolute atomic E-state index is 0.0506. The lowest BCUT2D eigenvalue weighted by molar-refractivity contribution is 0.151. The van der Waals surface area contributed by atoms with Crippen molar-refractivity contribution in [1.82, 2.24) is 25.0 Å². The number of nitrogens with one attached hydrogen (secondary N) is 1. The number of alkyl halides is 2. The zero-order valence-electron chi connectivity index (χ0n) is 11.4. The van der Waals surface area contributed by atoms with E-state index in [0.29, 0.717) is 23.9 Å². The molecule has 0 spiro atoms. The van der Waals surface area contributed by atoms with Gasteiger partial charge >= 0.3 is 0 Å². The van der Waals surface area contributed by atoms with Crippen LogP contribution in [0.1, 0.15) is 17.7 Å². The number of hydrogen-bond donors (Lipinski definition) is 1. The quantitative estimate of drug-likeness (QED) is 0.784. The molecule has 8 heteroatoms. The molecule has 0 aliphatic rings. The average molecular weight is 302 g/mol. The normalized spacial score (nSPS) is 10.9. The van der Waals surface area contributed by atoms with Gasteiger partial charge in [-0.3, -0.25) is 0 Å². The van der Waals surface area contributed by atoms with E-state index in [-0.39, 0.29) is 5.56 Å². The van der Waals surface area contributed by atoms with Crippen molar-refractivity contribution in [3.05, 3.63) is 60.2 Å². The summed E-state index contributed by atoms with van der Waals surface area (Å²) in [5.74, 6) is 0.483. The molecular formula is C14H12F2N6. The van der Waals surface area contributed by atoms with Crippen LogP contribution in [0.4, 0.5) is 14.7 Å². The second-order valence-corrected chi connectivity index (χ2v) is 4.48. The molecule has 3 rings (SSSR count). The molecule has 2 aromatic heterocycles. The Hall–Kier alpha value is -2.90. The Balaban J connectivity index is 1.72. The highest BCUT2D eigenvalue weighted by atomic mass is 19.3. The van der Waals surface area contributed by atoms with Crippen LogP contribution in [-0.4, -0.2) is 25.0 Å². The Kier molecular flexibility index (Phi) is 3.99. The van der Waals surface area contributed by atoms with Crippen molar-refractivity contribution < 1.29 is 8.78 Å². The van der Waals surface area contributed by atoms with E-state index >= 15 is 0 Å². The third-order valence-corrected chi connectivity index (χ3v) is 2.92. The Bertz CT molecular complexity index is 744. The van der Waals surface area contributed by atoms with Crippen LogP contribution < -0.4 is 5.32 Å². The Morgan fingerprint density at radius 1 is 1.14 bits per heavy atom. The SMILES string of the molecule is FC(F)c1cccc(-n2cc(CNc3ncccn3)nn2)c1. The lowest BCUT2D eigenvalue weighted by Crippen LogP contribution is -2.03. The predicted molar refractivity (Wildman–Crippen MR) is 75.7 cm³/mol. The van der Waals surface area contributed by atoms with Crippen molar-refractivity contribution in [2.45, 2.75) is 13.0 Å². The molecule has 0 aliphatic carbocycles. The van der Waals surface area contributed by atoms with Gasteiger partial charge in [0.05, 0.1) is 18.4 Å². The summed E-state index contributed by atoms with van der Waals surface area (Å²) in [5, 5.41) is 10.9. The Morgan fingerprint density at radius 2 is 1.95 bits per heavy atom. The molecule has 6 nitrogen and oxygen atoms in total. The van der Waals surface area contributed by atoms with Crippen molar-refractivity contribution in [2.24, 2.45) is 0 Å². The molecule has 3 aromatic rings. The average Bonchev–Trinajstić information content (AvgIpc) is 3.03. The van der Waals surface area contributed by atoms with E-state index in [2.05, 4.69) is 25.6 Å². The summed E-state index contributed by atoms with van der Waals surface area (Å²) in [7, 11) is 0. The van der Waals surface area contributed by atoms with E-state index in [4.69, 9.17) is 0 Å². The molecule has 0 radical (unpaired) electrons. The molecule has 1 aromatic carbocycles. The van der Waals surface area contributed by atoms with Crippen molar-refractivity contribution in [2.75, 3.05) is 5.32 Å². The molecule has 0 unspecified atom stereocenters. The van der Waals surface area contributed by atoms with Gasteiger partial charge in [-0.05, 0) is 18.2 Å². The molecule has 0 saturated carbocycles. The van der Waals surface area contributed by atoms with Gasteiger partial charge in [0, 0.05) is 18.0 Å². The zero-order valence-corrected chi connectivity index (χ0v) is 11.4. The summed E-state index contributed by atoms with van der Waals surface area (Å²) in [6, 6.07) is 7.74. The third-order valence-electron chi connectivity index (χ3n) is 2.92. The van der Waals surface area contributed by atoms with Crippen LogP contribution in [0.3, 0.4) is 0 Å². The number of rotatable bonds is 5. The standard InChI is InChI=1S/C14H12F2N6/c15-13(16)10-3-1-4-12(7-10)22-9-11(20-21-22)8-19-14-17-5-2-6-18-14/h1-7,9,13H,8H2,(H,17,18,19). The largest absolute Gasteiger partial charge is 0.348 e. The van der Waals surface area contributed by atoms with Gasteiger partial charge in [0.1, 0.15) is 5.69 Å². The zero-order chi connectivity index (χ0) is 15.4. The van der Waals surface area contributed by atoms with Gasteiger partial charge in [-0.15, -0.1) is 5.10 Å². The van der Waals surface area contributed by atoms with Gasteiger partial charge in [0.15, 0.2) is 0 Å². The first-order chi connectivity index (χ1) is 10.7. The summed E-state index contributed by atoms with van der Waals surface area (Å²) in [5.41, 5.74) is 1.13. The van der Waals surface area contributed by atoms with Gasteiger partial charge in [-0.2, -0.15) is 0 Å². The number of benzene rings is 1. The molecule has 0 atom stereocenters. The summed E-state index contributed by atoms with van der Waals surface area (Å²) in [6.45, 7) is 0.387. The highest BCUT2D eigenvalue weighted by Gasteiger charge is 2.09. The summed E-state index contributed by atoms with van der Waals surface area (Å²) < 4.78 is 26.9. The highest BCUT2D eigenvalue weighted by molar-refractivity contribution is 5.35. The molecule has 22 heavy (non-hydrogen) atoms. The molecule has 0 saturated heterocycles. The van der Waals surface area contributed by atoms with E-state index in [1.54, 1.807) is 36.8 Å². The van der Waals surface area contributed by atoms with Crippen molar-refractivity contribution in [3.8, 4) is 5.69 Å². The fourth-order valence-electron chi connectivity index (χ4n) is 1.87. The highest BCUT2D eigenvalue weighted by Crippen LogP contribution is 2.20. The number of nitrogens with zero attached hydrogens (tertiary/aromatic N) is 5. The van der Waals surface area contributed by atoms with Gasteiger partial charge < -0.3 is 5.32 Å². The molecule has 0 bridgehead atoms. The lowest BCUT2D eigenvalue weighted by atomic mass is 10.2. The number of hydrogen-bond acceptors (Lipinski definition) is 5. The van der Waals surface area contributed by atoms with E-state index in [0.717, 1.165) is 0 Å². The second-order valence-electron chi connectivity index (χ2n) is 4.48. The van der Waals surface area contributed by atoms with Crippen molar-refractivity contribution >= 4 is 5.95 Å². The molecule has 0 amide bonds. The molecule has 1 N–H and O–H groups in total. The molecule has 112 valence electrons. The number of halogens is 2. The van der Waals surface area contributed by atoms with E-state index in [1.807, 2.05) is 0 Å². The maximum Gasteiger partial charge on any atom is 0.263 e. The summed E-state index contributed by atoms with van der Waals surface area (Å²) >= 11 is 0. The number of aromatic nitrogens is 5. The minimum atomic E-state index is -2.51. The van der Waals surface area contributed by atoms with E-state index in [9.17, 15) is 8.78 Å². The van der Waals surface area contributed by atoms with Crippen LogP contribution in [0.15, 0.2) is 48.9 Å².